The first-order chi connectivity index (χ1) is 8.02. The van der Waals surface area contributed by atoms with Gasteiger partial charge in [0.15, 0.2) is 0 Å². The third kappa shape index (κ3) is 2.12. The average Bonchev–Trinajstić information content (AvgIpc) is 2.90. The summed E-state index contributed by atoms with van der Waals surface area (Å²) in [5.41, 5.74) is 0.753. The number of hydrogen-bond donors (Lipinski definition) is 1. The van der Waals surface area contributed by atoms with E-state index in [0.717, 1.165) is 5.56 Å². The number of aliphatic hydroxyl groups is 1. The van der Waals surface area contributed by atoms with Crippen molar-refractivity contribution in [2.75, 3.05) is 6.54 Å². The monoisotopic (exact) mass is 253 g/mol. The Balaban J connectivity index is 2.09. The highest BCUT2D eigenvalue weighted by atomic mass is 32.1. The third-order valence-electron chi connectivity index (χ3n) is 3.34. The molecule has 0 bridgehead atoms. The number of amides is 2. The number of thiophene rings is 1. The maximum Gasteiger partial charge on any atom is 0.232 e. The summed E-state index contributed by atoms with van der Waals surface area (Å²) in [4.78, 5) is 24.8. The molecule has 17 heavy (non-hydrogen) atoms. The molecule has 2 amide bonds. The first-order valence-electron chi connectivity index (χ1n) is 5.57. The van der Waals surface area contributed by atoms with Crippen molar-refractivity contribution >= 4 is 23.2 Å². The molecule has 0 radical (unpaired) electrons. The van der Waals surface area contributed by atoms with E-state index in [0.29, 0.717) is 0 Å². The van der Waals surface area contributed by atoms with Crippen molar-refractivity contribution in [2.45, 2.75) is 20.0 Å². The Hall–Kier alpha value is -1.20. The lowest BCUT2D eigenvalue weighted by Gasteiger charge is -2.18. The van der Waals surface area contributed by atoms with Crippen molar-refractivity contribution in [1.82, 2.24) is 4.90 Å². The molecule has 2 rings (SSSR count). The molecule has 4 nitrogen and oxygen atoms in total. The third-order valence-corrected chi connectivity index (χ3v) is 4.05. The average molecular weight is 253 g/mol. The van der Waals surface area contributed by atoms with Gasteiger partial charge >= 0.3 is 0 Å². The fourth-order valence-electron chi connectivity index (χ4n) is 1.95. The summed E-state index contributed by atoms with van der Waals surface area (Å²) in [7, 11) is 0. The SMILES string of the molecule is CC1C(=O)N(CC(O)c2ccsc2)C(=O)C1C. The number of rotatable bonds is 3. The minimum atomic E-state index is -0.786. The number of β-amino-alcohol motifs (C(OH)–C–C–N with tert-alkyl or cyclic N) is 1. The van der Waals surface area contributed by atoms with Gasteiger partial charge in [0.05, 0.1) is 12.6 Å². The lowest BCUT2D eigenvalue weighted by Crippen LogP contribution is -2.34. The molecule has 1 N–H and O–H groups in total. The molecule has 0 aromatic carbocycles. The summed E-state index contributed by atoms with van der Waals surface area (Å²) in [5.74, 6) is -0.928. The molecule has 1 aromatic rings. The van der Waals surface area contributed by atoms with Crippen molar-refractivity contribution < 1.29 is 14.7 Å². The minimum Gasteiger partial charge on any atom is -0.387 e. The van der Waals surface area contributed by atoms with Gasteiger partial charge in [0, 0.05) is 11.8 Å². The molecule has 3 atom stereocenters. The zero-order chi connectivity index (χ0) is 12.6. The van der Waals surface area contributed by atoms with Gasteiger partial charge in [0.25, 0.3) is 0 Å². The predicted octanol–water partition coefficient (Wildman–Crippen LogP) is 1.42. The predicted molar refractivity (Wildman–Crippen MR) is 64.3 cm³/mol. The van der Waals surface area contributed by atoms with Crippen LogP contribution in [0.4, 0.5) is 0 Å². The highest BCUT2D eigenvalue weighted by molar-refractivity contribution is 7.07. The summed E-state index contributed by atoms with van der Waals surface area (Å²) < 4.78 is 0. The van der Waals surface area contributed by atoms with E-state index in [2.05, 4.69) is 0 Å². The molecule has 1 aliphatic rings. The summed E-state index contributed by atoms with van der Waals surface area (Å²) in [6.07, 6.45) is -0.786. The molecule has 1 aliphatic heterocycles. The van der Waals surface area contributed by atoms with Crippen LogP contribution in [0.1, 0.15) is 25.5 Å². The largest absolute Gasteiger partial charge is 0.387 e. The molecular weight excluding hydrogens is 238 g/mol. The molecular formula is C12H15NO3S. The smallest absolute Gasteiger partial charge is 0.232 e. The van der Waals surface area contributed by atoms with Crippen LogP contribution in [0.25, 0.3) is 0 Å². The van der Waals surface area contributed by atoms with Gasteiger partial charge in [0.1, 0.15) is 0 Å². The first kappa shape index (κ1) is 12.3. The van der Waals surface area contributed by atoms with Crippen molar-refractivity contribution in [1.29, 1.82) is 0 Å². The Kier molecular flexibility index (Phi) is 3.31. The van der Waals surface area contributed by atoms with Crippen molar-refractivity contribution in [3.8, 4) is 0 Å². The van der Waals surface area contributed by atoms with Crippen LogP contribution < -0.4 is 0 Å². The summed E-state index contributed by atoms with van der Waals surface area (Å²) >= 11 is 1.48. The maximum absolute atomic E-state index is 11.8. The highest BCUT2D eigenvalue weighted by Gasteiger charge is 2.42. The normalized spacial score (nSPS) is 26.6. The Morgan fingerprint density at radius 3 is 2.41 bits per heavy atom. The number of likely N-dealkylation sites (tertiary alicyclic amines) is 1. The maximum atomic E-state index is 11.8. The lowest BCUT2D eigenvalue weighted by molar-refractivity contribution is -0.141. The van der Waals surface area contributed by atoms with E-state index in [1.165, 1.54) is 16.2 Å². The van der Waals surface area contributed by atoms with Gasteiger partial charge in [-0.2, -0.15) is 11.3 Å². The molecule has 0 saturated carbocycles. The summed E-state index contributed by atoms with van der Waals surface area (Å²) in [6, 6.07) is 1.80. The van der Waals surface area contributed by atoms with Crippen LogP contribution in [0.5, 0.6) is 0 Å². The molecule has 92 valence electrons. The number of hydrogen-bond acceptors (Lipinski definition) is 4. The quantitative estimate of drug-likeness (QED) is 0.829. The zero-order valence-electron chi connectivity index (χ0n) is 9.79. The van der Waals surface area contributed by atoms with E-state index in [-0.39, 0.29) is 30.2 Å². The van der Waals surface area contributed by atoms with Crippen LogP contribution in [0.2, 0.25) is 0 Å². The summed E-state index contributed by atoms with van der Waals surface area (Å²) in [6.45, 7) is 3.56. The number of carbonyl (C=O) groups excluding carboxylic acids is 2. The van der Waals surface area contributed by atoms with Gasteiger partial charge in [0.2, 0.25) is 11.8 Å². The van der Waals surface area contributed by atoms with Crippen molar-refractivity contribution in [3.63, 3.8) is 0 Å². The second kappa shape index (κ2) is 4.58. The van der Waals surface area contributed by atoms with Gasteiger partial charge in [-0.15, -0.1) is 0 Å². The van der Waals surface area contributed by atoms with Crippen molar-refractivity contribution in [2.24, 2.45) is 11.8 Å². The first-order valence-corrected chi connectivity index (χ1v) is 6.52. The molecule has 1 fully saturated rings. The zero-order valence-corrected chi connectivity index (χ0v) is 10.6. The standard InChI is InChI=1S/C12H15NO3S/c1-7-8(2)12(16)13(11(7)15)5-10(14)9-3-4-17-6-9/h3-4,6-8,10,14H,5H2,1-2H3. The van der Waals surface area contributed by atoms with E-state index in [1.807, 2.05) is 10.8 Å². The second-order valence-electron chi connectivity index (χ2n) is 4.44. The summed E-state index contributed by atoms with van der Waals surface area (Å²) in [5, 5.41) is 13.6. The van der Waals surface area contributed by atoms with Gasteiger partial charge in [-0.3, -0.25) is 14.5 Å². The van der Waals surface area contributed by atoms with Crippen LogP contribution in [-0.2, 0) is 9.59 Å². The topological polar surface area (TPSA) is 57.6 Å². The molecule has 5 heteroatoms. The fraction of sp³-hybridized carbons (Fsp3) is 0.500. The molecule has 1 aromatic heterocycles. The number of aliphatic hydroxyl groups excluding tert-OH is 1. The van der Waals surface area contributed by atoms with Crippen LogP contribution in [-0.4, -0.2) is 28.4 Å². The van der Waals surface area contributed by atoms with Crippen LogP contribution in [0.3, 0.4) is 0 Å². The number of carbonyl (C=O) groups is 2. The molecule has 1 saturated heterocycles. The minimum absolute atomic E-state index is 0.0586. The lowest BCUT2D eigenvalue weighted by atomic mass is 10.00. The molecule has 2 heterocycles. The Labute approximate surface area is 104 Å². The van der Waals surface area contributed by atoms with Crippen molar-refractivity contribution in [3.05, 3.63) is 22.4 Å². The van der Waals surface area contributed by atoms with E-state index < -0.39 is 6.10 Å². The van der Waals surface area contributed by atoms with E-state index >= 15 is 0 Å². The second-order valence-corrected chi connectivity index (χ2v) is 5.22. The van der Waals surface area contributed by atoms with Gasteiger partial charge < -0.3 is 5.11 Å². The Bertz CT molecular complexity index is 409. The number of imide groups is 1. The van der Waals surface area contributed by atoms with Crippen LogP contribution >= 0.6 is 11.3 Å². The van der Waals surface area contributed by atoms with Gasteiger partial charge in [-0.1, -0.05) is 13.8 Å². The molecule has 3 unspecified atom stereocenters. The Morgan fingerprint density at radius 2 is 1.94 bits per heavy atom. The van der Waals surface area contributed by atoms with E-state index in [9.17, 15) is 14.7 Å². The van der Waals surface area contributed by atoms with E-state index in [1.54, 1.807) is 19.9 Å². The highest BCUT2D eigenvalue weighted by Crippen LogP contribution is 2.27. The number of nitrogens with zero attached hydrogens (tertiary/aromatic N) is 1. The molecule has 0 aliphatic carbocycles. The van der Waals surface area contributed by atoms with Crippen LogP contribution in [0.15, 0.2) is 16.8 Å². The van der Waals surface area contributed by atoms with Gasteiger partial charge in [-0.05, 0) is 22.4 Å². The van der Waals surface area contributed by atoms with Crippen LogP contribution in [0, 0.1) is 11.8 Å². The fourth-order valence-corrected chi connectivity index (χ4v) is 2.66. The molecule has 0 spiro atoms. The van der Waals surface area contributed by atoms with Gasteiger partial charge in [-0.25, -0.2) is 0 Å². The van der Waals surface area contributed by atoms with E-state index in [4.69, 9.17) is 0 Å². The Morgan fingerprint density at radius 1 is 1.35 bits per heavy atom.